The molecule has 1 aliphatic heterocycles. The van der Waals surface area contributed by atoms with Crippen molar-refractivity contribution in [3.63, 3.8) is 0 Å². The summed E-state index contributed by atoms with van der Waals surface area (Å²) in [6.45, 7) is 6.75. The fourth-order valence-corrected chi connectivity index (χ4v) is 5.09. The SMILES string of the molecule is Cc1cc(C)c(S(=O)(=O)N2CCNc3ccccc32)c(C)c1.Cl. The van der Waals surface area contributed by atoms with Crippen molar-refractivity contribution in [1.29, 1.82) is 0 Å². The quantitative estimate of drug-likeness (QED) is 0.897. The fraction of sp³-hybridized carbons (Fsp3) is 0.294. The summed E-state index contributed by atoms with van der Waals surface area (Å²) in [6, 6.07) is 11.4. The maximum atomic E-state index is 13.2. The molecule has 0 bridgehead atoms. The van der Waals surface area contributed by atoms with Crippen LogP contribution in [-0.4, -0.2) is 21.5 Å². The van der Waals surface area contributed by atoms with Crippen molar-refractivity contribution in [1.82, 2.24) is 0 Å². The largest absolute Gasteiger partial charge is 0.382 e. The Morgan fingerprint density at radius 1 is 1.04 bits per heavy atom. The highest BCUT2D eigenvalue weighted by Crippen LogP contribution is 2.34. The van der Waals surface area contributed by atoms with Gasteiger partial charge in [-0.05, 0) is 44.0 Å². The van der Waals surface area contributed by atoms with Crippen LogP contribution < -0.4 is 9.62 Å². The minimum Gasteiger partial charge on any atom is -0.382 e. The highest BCUT2D eigenvalue weighted by Gasteiger charge is 2.31. The van der Waals surface area contributed by atoms with E-state index < -0.39 is 10.0 Å². The molecule has 124 valence electrons. The molecule has 3 rings (SSSR count). The summed E-state index contributed by atoms with van der Waals surface area (Å²) in [6.07, 6.45) is 0. The summed E-state index contributed by atoms with van der Waals surface area (Å²) in [4.78, 5) is 0.426. The number of halogens is 1. The first-order valence-electron chi connectivity index (χ1n) is 7.35. The monoisotopic (exact) mass is 352 g/mol. The summed E-state index contributed by atoms with van der Waals surface area (Å²) in [7, 11) is -3.56. The second kappa shape index (κ2) is 6.42. The molecule has 0 saturated heterocycles. The Hall–Kier alpha value is -1.72. The number of fused-ring (bicyclic) bond motifs is 1. The number of benzene rings is 2. The Bertz CT molecular complexity index is 811. The second-order valence-electron chi connectivity index (χ2n) is 5.75. The van der Waals surface area contributed by atoms with Crippen molar-refractivity contribution in [2.75, 3.05) is 22.7 Å². The first kappa shape index (κ1) is 17.6. The van der Waals surface area contributed by atoms with Crippen molar-refractivity contribution >= 4 is 33.8 Å². The Labute approximate surface area is 144 Å². The first-order valence-corrected chi connectivity index (χ1v) is 8.79. The van der Waals surface area contributed by atoms with Crippen LogP contribution in [0.2, 0.25) is 0 Å². The van der Waals surface area contributed by atoms with Gasteiger partial charge in [0.2, 0.25) is 0 Å². The zero-order valence-electron chi connectivity index (χ0n) is 13.5. The Balaban J connectivity index is 0.00000192. The zero-order chi connectivity index (χ0) is 15.9. The van der Waals surface area contributed by atoms with Gasteiger partial charge in [-0.25, -0.2) is 8.42 Å². The third kappa shape index (κ3) is 3.03. The van der Waals surface area contributed by atoms with Crippen LogP contribution in [0.25, 0.3) is 0 Å². The average Bonchev–Trinajstić information content (AvgIpc) is 2.45. The van der Waals surface area contributed by atoms with Gasteiger partial charge < -0.3 is 5.32 Å². The number of anilines is 2. The highest BCUT2D eigenvalue weighted by molar-refractivity contribution is 7.93. The van der Waals surface area contributed by atoms with E-state index in [4.69, 9.17) is 0 Å². The van der Waals surface area contributed by atoms with Gasteiger partial charge in [-0.2, -0.15) is 0 Å². The summed E-state index contributed by atoms with van der Waals surface area (Å²) < 4.78 is 27.9. The number of hydrogen-bond donors (Lipinski definition) is 1. The number of aryl methyl sites for hydroxylation is 3. The predicted octanol–water partition coefficient (Wildman–Crippen LogP) is 3.65. The maximum absolute atomic E-state index is 13.2. The predicted molar refractivity (Wildman–Crippen MR) is 97.4 cm³/mol. The van der Waals surface area contributed by atoms with Crippen molar-refractivity contribution < 1.29 is 8.42 Å². The van der Waals surface area contributed by atoms with E-state index in [0.29, 0.717) is 23.7 Å². The van der Waals surface area contributed by atoms with Gasteiger partial charge in [-0.3, -0.25) is 4.31 Å². The molecule has 0 radical (unpaired) electrons. The van der Waals surface area contributed by atoms with Gasteiger partial charge in [0, 0.05) is 6.54 Å². The van der Waals surface area contributed by atoms with Crippen molar-refractivity contribution in [3.8, 4) is 0 Å². The topological polar surface area (TPSA) is 49.4 Å². The molecule has 0 aliphatic carbocycles. The second-order valence-corrected chi connectivity index (χ2v) is 7.55. The standard InChI is InChI=1S/C17H20N2O2S.ClH/c1-12-10-13(2)17(14(3)11-12)22(20,21)19-9-8-18-15-6-4-5-7-16(15)19;/h4-7,10-11,18H,8-9H2,1-3H3;1H. The Morgan fingerprint density at radius 3 is 2.30 bits per heavy atom. The zero-order valence-corrected chi connectivity index (χ0v) is 15.1. The van der Waals surface area contributed by atoms with Crippen LogP contribution in [0.5, 0.6) is 0 Å². The van der Waals surface area contributed by atoms with E-state index in [9.17, 15) is 8.42 Å². The van der Waals surface area contributed by atoms with Crippen LogP contribution in [-0.2, 0) is 10.0 Å². The van der Waals surface area contributed by atoms with E-state index in [1.807, 2.05) is 57.2 Å². The number of para-hydroxylation sites is 2. The third-order valence-corrected chi connectivity index (χ3v) is 6.08. The van der Waals surface area contributed by atoms with Gasteiger partial charge in [0.1, 0.15) is 0 Å². The number of rotatable bonds is 2. The number of sulfonamides is 1. The average molecular weight is 353 g/mol. The lowest BCUT2D eigenvalue weighted by Crippen LogP contribution is -2.39. The first-order chi connectivity index (χ1) is 10.4. The van der Waals surface area contributed by atoms with Crippen LogP contribution in [0.1, 0.15) is 16.7 Å². The van der Waals surface area contributed by atoms with Gasteiger partial charge in [0.15, 0.2) is 0 Å². The smallest absolute Gasteiger partial charge is 0.264 e. The van der Waals surface area contributed by atoms with Crippen LogP contribution in [0.3, 0.4) is 0 Å². The molecule has 0 aromatic heterocycles. The molecule has 0 fully saturated rings. The number of nitrogens with zero attached hydrogens (tertiary/aromatic N) is 1. The lowest BCUT2D eigenvalue weighted by molar-refractivity contribution is 0.589. The van der Waals surface area contributed by atoms with E-state index in [-0.39, 0.29) is 12.4 Å². The van der Waals surface area contributed by atoms with Crippen molar-refractivity contribution in [2.24, 2.45) is 0 Å². The molecule has 0 saturated carbocycles. The molecule has 0 spiro atoms. The van der Waals surface area contributed by atoms with Crippen LogP contribution in [0.15, 0.2) is 41.3 Å². The van der Waals surface area contributed by atoms with Crippen molar-refractivity contribution in [2.45, 2.75) is 25.7 Å². The van der Waals surface area contributed by atoms with Crippen molar-refractivity contribution in [3.05, 3.63) is 53.1 Å². The molecule has 0 amide bonds. The molecule has 0 unspecified atom stereocenters. The van der Waals surface area contributed by atoms with Gasteiger partial charge >= 0.3 is 0 Å². The minimum absolute atomic E-state index is 0. The van der Waals surface area contributed by atoms with Gasteiger partial charge in [0.05, 0.1) is 22.8 Å². The summed E-state index contributed by atoms with van der Waals surface area (Å²) in [5.41, 5.74) is 4.25. The molecular weight excluding hydrogens is 332 g/mol. The lowest BCUT2D eigenvalue weighted by Gasteiger charge is -2.32. The van der Waals surface area contributed by atoms with E-state index in [1.165, 1.54) is 4.31 Å². The van der Waals surface area contributed by atoms with E-state index >= 15 is 0 Å². The molecule has 1 heterocycles. The molecule has 1 N–H and O–H groups in total. The van der Waals surface area contributed by atoms with Gasteiger partial charge in [-0.15, -0.1) is 12.4 Å². The summed E-state index contributed by atoms with van der Waals surface area (Å²) >= 11 is 0. The van der Waals surface area contributed by atoms with Crippen LogP contribution >= 0.6 is 12.4 Å². The molecule has 0 atom stereocenters. The van der Waals surface area contributed by atoms with Gasteiger partial charge in [-0.1, -0.05) is 29.8 Å². The van der Waals surface area contributed by atoms with E-state index in [0.717, 1.165) is 22.4 Å². The molecule has 2 aromatic carbocycles. The van der Waals surface area contributed by atoms with E-state index in [2.05, 4.69) is 5.32 Å². The molecule has 2 aromatic rings. The van der Waals surface area contributed by atoms with E-state index in [1.54, 1.807) is 0 Å². The molecule has 23 heavy (non-hydrogen) atoms. The highest BCUT2D eigenvalue weighted by atomic mass is 35.5. The summed E-state index contributed by atoms with van der Waals surface area (Å²) in [5, 5.41) is 3.25. The minimum atomic E-state index is -3.56. The molecule has 6 heteroatoms. The number of nitrogens with one attached hydrogen (secondary N) is 1. The Morgan fingerprint density at radius 2 is 1.65 bits per heavy atom. The van der Waals surface area contributed by atoms with Crippen LogP contribution in [0, 0.1) is 20.8 Å². The summed E-state index contributed by atoms with van der Waals surface area (Å²) in [5.74, 6) is 0. The Kier molecular flexibility index (Phi) is 4.92. The normalized spacial score (nSPS) is 13.8. The van der Waals surface area contributed by atoms with Gasteiger partial charge in [0.25, 0.3) is 10.0 Å². The van der Waals surface area contributed by atoms with Crippen LogP contribution in [0.4, 0.5) is 11.4 Å². The molecule has 4 nitrogen and oxygen atoms in total. The molecule has 1 aliphatic rings. The lowest BCUT2D eigenvalue weighted by atomic mass is 10.1. The molecular formula is C17H21ClN2O2S. The fourth-order valence-electron chi connectivity index (χ4n) is 3.19. The maximum Gasteiger partial charge on any atom is 0.264 e. The number of hydrogen-bond acceptors (Lipinski definition) is 3. The third-order valence-electron chi connectivity index (χ3n) is 3.96.